The van der Waals surface area contributed by atoms with Crippen LogP contribution in [0.2, 0.25) is 0 Å². The molecule has 5 nitrogen and oxygen atoms in total. The summed E-state index contributed by atoms with van der Waals surface area (Å²) in [4.78, 5) is 15.6. The highest BCUT2D eigenvalue weighted by molar-refractivity contribution is 5.77. The van der Waals surface area contributed by atoms with Gasteiger partial charge in [0.05, 0.1) is 12.8 Å². The standard InChI is InChI=1S/C16H15N3O2/c1-21-14-5-3-2-4-12(14)19-16-15-11(7-9-18-16)6-8-17-13(15)10-20/h2-10,13,17H,1H3,(H,18,19). The Labute approximate surface area is 122 Å². The van der Waals surface area contributed by atoms with Crippen LogP contribution in [0.3, 0.4) is 0 Å². The number of carbonyl (C=O) groups is 1. The smallest absolute Gasteiger partial charge is 0.146 e. The number of benzene rings is 1. The molecule has 21 heavy (non-hydrogen) atoms. The third kappa shape index (κ3) is 2.45. The molecule has 2 heterocycles. The Balaban J connectivity index is 2.04. The Kier molecular flexibility index (Phi) is 3.55. The number of ether oxygens (including phenoxy) is 1. The lowest BCUT2D eigenvalue weighted by atomic mass is 9.99. The number of rotatable bonds is 4. The second-order valence-corrected chi connectivity index (χ2v) is 4.60. The summed E-state index contributed by atoms with van der Waals surface area (Å²) >= 11 is 0. The van der Waals surface area contributed by atoms with Gasteiger partial charge in [0.2, 0.25) is 0 Å². The number of aldehydes is 1. The van der Waals surface area contributed by atoms with Crippen molar-refractivity contribution in [2.24, 2.45) is 0 Å². The van der Waals surface area contributed by atoms with Crippen LogP contribution in [0.5, 0.6) is 5.75 Å². The lowest BCUT2D eigenvalue weighted by Crippen LogP contribution is -2.22. The van der Waals surface area contributed by atoms with Gasteiger partial charge in [-0.25, -0.2) is 4.98 Å². The summed E-state index contributed by atoms with van der Waals surface area (Å²) in [5.41, 5.74) is 2.61. The zero-order valence-corrected chi connectivity index (χ0v) is 11.5. The highest BCUT2D eigenvalue weighted by Gasteiger charge is 2.21. The van der Waals surface area contributed by atoms with Gasteiger partial charge in [-0.3, -0.25) is 0 Å². The summed E-state index contributed by atoms with van der Waals surface area (Å²) in [5.74, 6) is 1.37. The SMILES string of the molecule is COc1ccccc1Nc1nccc2c1C(C=O)NC=C2. The van der Waals surface area contributed by atoms with E-state index in [9.17, 15) is 4.79 Å². The molecule has 3 rings (SSSR count). The van der Waals surface area contributed by atoms with Gasteiger partial charge in [0, 0.05) is 11.8 Å². The molecule has 1 aliphatic rings. The summed E-state index contributed by atoms with van der Waals surface area (Å²) in [6.45, 7) is 0. The number of fused-ring (bicyclic) bond motifs is 1. The number of carbonyl (C=O) groups excluding carboxylic acids is 1. The van der Waals surface area contributed by atoms with Gasteiger partial charge in [0.15, 0.2) is 0 Å². The molecule has 1 aromatic heterocycles. The van der Waals surface area contributed by atoms with Gasteiger partial charge in [0.1, 0.15) is 23.9 Å². The number of hydrogen-bond donors (Lipinski definition) is 2. The fraction of sp³-hybridized carbons (Fsp3) is 0.125. The largest absolute Gasteiger partial charge is 0.495 e. The van der Waals surface area contributed by atoms with Crippen LogP contribution < -0.4 is 15.4 Å². The second-order valence-electron chi connectivity index (χ2n) is 4.60. The van der Waals surface area contributed by atoms with E-state index in [-0.39, 0.29) is 0 Å². The van der Waals surface area contributed by atoms with Crippen LogP contribution in [0, 0.1) is 0 Å². The lowest BCUT2D eigenvalue weighted by molar-refractivity contribution is -0.109. The van der Waals surface area contributed by atoms with Crippen molar-refractivity contribution in [1.29, 1.82) is 0 Å². The number of nitrogens with one attached hydrogen (secondary N) is 2. The van der Waals surface area contributed by atoms with Crippen molar-refractivity contribution in [3.63, 3.8) is 0 Å². The summed E-state index contributed by atoms with van der Waals surface area (Å²) < 4.78 is 5.33. The quantitative estimate of drug-likeness (QED) is 0.844. The predicted molar refractivity (Wildman–Crippen MR) is 81.5 cm³/mol. The normalized spacial score (nSPS) is 15.8. The van der Waals surface area contributed by atoms with E-state index in [2.05, 4.69) is 15.6 Å². The third-order valence-electron chi connectivity index (χ3n) is 3.37. The second kappa shape index (κ2) is 5.66. The van der Waals surface area contributed by atoms with Gasteiger partial charge in [-0.1, -0.05) is 12.1 Å². The fourth-order valence-corrected chi connectivity index (χ4v) is 2.37. The Bertz CT molecular complexity index is 698. The lowest BCUT2D eigenvalue weighted by Gasteiger charge is -2.22. The van der Waals surface area contributed by atoms with Crippen molar-refractivity contribution in [3.05, 3.63) is 53.9 Å². The first-order valence-electron chi connectivity index (χ1n) is 6.60. The van der Waals surface area contributed by atoms with E-state index >= 15 is 0 Å². The number of para-hydroxylation sites is 2. The minimum atomic E-state index is -0.407. The zero-order valence-electron chi connectivity index (χ0n) is 11.5. The molecule has 5 heteroatoms. The van der Waals surface area contributed by atoms with E-state index in [4.69, 9.17) is 4.74 Å². The Hall–Kier alpha value is -2.82. The highest BCUT2D eigenvalue weighted by atomic mass is 16.5. The molecule has 0 radical (unpaired) electrons. The molecule has 1 aromatic carbocycles. The molecule has 1 unspecified atom stereocenters. The van der Waals surface area contributed by atoms with Crippen LogP contribution in [0.15, 0.2) is 42.7 Å². The van der Waals surface area contributed by atoms with Gasteiger partial charge >= 0.3 is 0 Å². The van der Waals surface area contributed by atoms with Crippen molar-refractivity contribution in [1.82, 2.24) is 10.3 Å². The number of hydrogen-bond acceptors (Lipinski definition) is 5. The molecule has 0 saturated heterocycles. The van der Waals surface area contributed by atoms with Crippen molar-refractivity contribution < 1.29 is 9.53 Å². The molecule has 0 saturated carbocycles. The molecule has 1 atom stereocenters. The maximum atomic E-state index is 11.3. The average Bonchev–Trinajstić information content (AvgIpc) is 2.55. The molecular formula is C16H15N3O2. The molecule has 1 aliphatic heterocycles. The molecule has 0 amide bonds. The first-order chi connectivity index (χ1) is 10.3. The monoisotopic (exact) mass is 281 g/mol. The van der Waals surface area contributed by atoms with Gasteiger partial charge in [-0.05, 0) is 36.0 Å². The maximum absolute atomic E-state index is 11.3. The predicted octanol–water partition coefficient (Wildman–Crippen LogP) is 2.65. The molecule has 0 fully saturated rings. The van der Waals surface area contributed by atoms with E-state index in [1.165, 1.54) is 0 Å². The Morgan fingerprint density at radius 2 is 2.19 bits per heavy atom. The molecular weight excluding hydrogens is 266 g/mol. The minimum Gasteiger partial charge on any atom is -0.495 e. The van der Waals surface area contributed by atoms with E-state index in [0.717, 1.165) is 28.8 Å². The number of pyridine rings is 1. The Morgan fingerprint density at radius 1 is 1.33 bits per heavy atom. The van der Waals surface area contributed by atoms with Crippen LogP contribution >= 0.6 is 0 Å². The molecule has 2 aromatic rings. The first-order valence-corrected chi connectivity index (χ1v) is 6.60. The molecule has 0 bridgehead atoms. The van der Waals surface area contributed by atoms with Gasteiger partial charge in [-0.2, -0.15) is 0 Å². The van der Waals surface area contributed by atoms with E-state index in [1.807, 2.05) is 36.4 Å². The number of nitrogens with zero attached hydrogens (tertiary/aromatic N) is 1. The van der Waals surface area contributed by atoms with Crippen molar-refractivity contribution in [2.75, 3.05) is 12.4 Å². The molecule has 106 valence electrons. The van der Waals surface area contributed by atoms with Crippen LogP contribution in [-0.4, -0.2) is 18.4 Å². The van der Waals surface area contributed by atoms with Crippen LogP contribution in [0.4, 0.5) is 11.5 Å². The zero-order chi connectivity index (χ0) is 14.7. The summed E-state index contributed by atoms with van der Waals surface area (Å²) in [6, 6.07) is 9.06. The van der Waals surface area contributed by atoms with Crippen molar-refractivity contribution in [3.8, 4) is 5.75 Å². The molecule has 0 aliphatic carbocycles. The summed E-state index contributed by atoms with van der Waals surface area (Å²) in [7, 11) is 1.62. The van der Waals surface area contributed by atoms with E-state index in [1.54, 1.807) is 19.5 Å². The van der Waals surface area contributed by atoms with E-state index < -0.39 is 6.04 Å². The number of aromatic nitrogens is 1. The Morgan fingerprint density at radius 3 is 3.00 bits per heavy atom. The average molecular weight is 281 g/mol. The minimum absolute atomic E-state index is 0.407. The third-order valence-corrected chi connectivity index (χ3v) is 3.37. The van der Waals surface area contributed by atoms with Crippen LogP contribution in [0.25, 0.3) is 6.08 Å². The van der Waals surface area contributed by atoms with Crippen LogP contribution in [-0.2, 0) is 4.79 Å². The van der Waals surface area contributed by atoms with Crippen LogP contribution in [0.1, 0.15) is 17.2 Å². The molecule has 0 spiro atoms. The van der Waals surface area contributed by atoms with Gasteiger partial charge < -0.3 is 20.2 Å². The molecule has 2 N–H and O–H groups in total. The highest BCUT2D eigenvalue weighted by Crippen LogP contribution is 2.32. The van der Waals surface area contributed by atoms with E-state index in [0.29, 0.717) is 5.82 Å². The summed E-state index contributed by atoms with van der Waals surface area (Å²) in [6.07, 6.45) is 6.28. The topological polar surface area (TPSA) is 63.2 Å². The maximum Gasteiger partial charge on any atom is 0.146 e. The number of anilines is 2. The first kappa shape index (κ1) is 13.2. The summed E-state index contributed by atoms with van der Waals surface area (Å²) in [5, 5.41) is 6.27. The van der Waals surface area contributed by atoms with Crippen molar-refractivity contribution >= 4 is 23.9 Å². The fourth-order valence-electron chi connectivity index (χ4n) is 2.37. The van der Waals surface area contributed by atoms with Crippen molar-refractivity contribution in [2.45, 2.75) is 6.04 Å². The number of methoxy groups -OCH3 is 1. The van der Waals surface area contributed by atoms with Gasteiger partial charge in [-0.15, -0.1) is 0 Å². The van der Waals surface area contributed by atoms with Gasteiger partial charge in [0.25, 0.3) is 0 Å².